The molecule has 0 bridgehead atoms. The van der Waals surface area contributed by atoms with Gasteiger partial charge in [-0.1, -0.05) is 0 Å². The van der Waals surface area contributed by atoms with Crippen molar-refractivity contribution in [2.75, 3.05) is 14.2 Å². The van der Waals surface area contributed by atoms with Crippen LogP contribution in [0.4, 0.5) is 0 Å². The number of nitrogens with one attached hydrogen (secondary N) is 1. The SMILES string of the molecule is COc1ccc(-c2cc(C(=O)Cl)c(=O)[nH]n2)c(OC)c1. The number of aromatic amines is 1. The zero-order valence-electron chi connectivity index (χ0n) is 10.8. The van der Waals surface area contributed by atoms with Crippen molar-refractivity contribution < 1.29 is 14.3 Å². The molecule has 1 N–H and O–H groups in total. The quantitative estimate of drug-likeness (QED) is 0.870. The second-order valence-corrected chi connectivity index (χ2v) is 4.18. The molecule has 0 aliphatic rings. The summed E-state index contributed by atoms with van der Waals surface area (Å²) in [5, 5.41) is 5.27. The summed E-state index contributed by atoms with van der Waals surface area (Å²) < 4.78 is 10.3. The zero-order valence-corrected chi connectivity index (χ0v) is 11.5. The Morgan fingerprint density at radius 1 is 1.25 bits per heavy atom. The number of H-pyrrole nitrogens is 1. The highest BCUT2D eigenvalue weighted by Gasteiger charge is 2.14. The van der Waals surface area contributed by atoms with Crippen molar-refractivity contribution >= 4 is 16.8 Å². The van der Waals surface area contributed by atoms with Crippen molar-refractivity contribution in [3.8, 4) is 22.8 Å². The molecule has 20 heavy (non-hydrogen) atoms. The highest BCUT2D eigenvalue weighted by Crippen LogP contribution is 2.31. The smallest absolute Gasteiger partial charge is 0.276 e. The van der Waals surface area contributed by atoms with Gasteiger partial charge in [-0.15, -0.1) is 0 Å². The van der Waals surface area contributed by atoms with E-state index in [1.54, 1.807) is 18.2 Å². The van der Waals surface area contributed by atoms with E-state index in [-0.39, 0.29) is 5.56 Å². The zero-order chi connectivity index (χ0) is 14.7. The van der Waals surface area contributed by atoms with Crippen LogP contribution >= 0.6 is 11.6 Å². The standard InChI is InChI=1S/C13H11ClN2O4/c1-19-7-3-4-8(11(5-7)20-2)10-6-9(12(14)17)13(18)16-15-10/h3-6H,1-2H3,(H,16,18). The second-order valence-electron chi connectivity index (χ2n) is 3.84. The van der Waals surface area contributed by atoms with Crippen LogP contribution in [0.1, 0.15) is 10.4 Å². The van der Waals surface area contributed by atoms with Crippen molar-refractivity contribution in [2.45, 2.75) is 0 Å². The number of aromatic nitrogens is 2. The van der Waals surface area contributed by atoms with Gasteiger partial charge >= 0.3 is 0 Å². The van der Waals surface area contributed by atoms with Crippen LogP contribution in [0.2, 0.25) is 0 Å². The van der Waals surface area contributed by atoms with Crippen LogP contribution in [0.5, 0.6) is 11.5 Å². The van der Waals surface area contributed by atoms with E-state index in [0.717, 1.165) is 0 Å². The number of ether oxygens (including phenoxy) is 2. The molecule has 104 valence electrons. The second kappa shape index (κ2) is 5.75. The fraction of sp³-hybridized carbons (Fsp3) is 0.154. The Hall–Kier alpha value is -2.34. The Labute approximate surface area is 119 Å². The van der Waals surface area contributed by atoms with Gasteiger partial charge in [-0.25, -0.2) is 5.10 Å². The molecule has 0 aliphatic carbocycles. The predicted molar refractivity (Wildman–Crippen MR) is 73.6 cm³/mol. The Balaban J connectivity index is 2.59. The van der Waals surface area contributed by atoms with Crippen LogP contribution < -0.4 is 15.0 Å². The summed E-state index contributed by atoms with van der Waals surface area (Å²) in [5.41, 5.74) is 0.160. The topological polar surface area (TPSA) is 81.3 Å². The van der Waals surface area contributed by atoms with Gasteiger partial charge in [0.15, 0.2) is 0 Å². The molecule has 0 atom stereocenters. The van der Waals surface area contributed by atoms with E-state index in [1.165, 1.54) is 20.3 Å². The van der Waals surface area contributed by atoms with E-state index < -0.39 is 10.8 Å². The lowest BCUT2D eigenvalue weighted by Crippen LogP contribution is -2.16. The Kier molecular flexibility index (Phi) is 4.05. The molecule has 7 heteroatoms. The third kappa shape index (κ3) is 2.65. The highest BCUT2D eigenvalue weighted by molar-refractivity contribution is 6.67. The first-order chi connectivity index (χ1) is 9.56. The molecule has 2 rings (SSSR count). The van der Waals surface area contributed by atoms with Gasteiger partial charge in [0.05, 0.1) is 19.9 Å². The highest BCUT2D eigenvalue weighted by atomic mass is 35.5. The van der Waals surface area contributed by atoms with Gasteiger partial charge in [-0.3, -0.25) is 9.59 Å². The number of nitrogens with zero attached hydrogens (tertiary/aromatic N) is 1. The van der Waals surface area contributed by atoms with Crippen molar-refractivity contribution in [2.24, 2.45) is 0 Å². The summed E-state index contributed by atoms with van der Waals surface area (Å²) in [6.45, 7) is 0. The number of hydrogen-bond donors (Lipinski definition) is 1. The molecule has 0 aliphatic heterocycles. The molecule has 0 amide bonds. The van der Waals surface area contributed by atoms with Crippen LogP contribution in [0.25, 0.3) is 11.3 Å². The van der Waals surface area contributed by atoms with Gasteiger partial charge in [0.2, 0.25) is 0 Å². The van der Waals surface area contributed by atoms with Gasteiger partial charge in [0.25, 0.3) is 10.8 Å². The molecule has 0 saturated heterocycles. The molecule has 0 fully saturated rings. The summed E-state index contributed by atoms with van der Waals surface area (Å²) in [6, 6.07) is 6.41. The molecular formula is C13H11ClN2O4. The van der Waals surface area contributed by atoms with Crippen LogP contribution in [-0.2, 0) is 0 Å². The summed E-state index contributed by atoms with van der Waals surface area (Å²) in [4.78, 5) is 22.6. The largest absolute Gasteiger partial charge is 0.497 e. The van der Waals surface area contributed by atoms with E-state index >= 15 is 0 Å². The summed E-state index contributed by atoms with van der Waals surface area (Å²) in [6.07, 6.45) is 0. The van der Waals surface area contributed by atoms with Crippen molar-refractivity contribution in [3.05, 3.63) is 40.2 Å². The number of methoxy groups -OCH3 is 2. The fourth-order valence-corrected chi connectivity index (χ4v) is 1.84. The molecule has 2 aromatic rings. The average molecular weight is 295 g/mol. The minimum absolute atomic E-state index is 0.172. The lowest BCUT2D eigenvalue weighted by Gasteiger charge is -2.09. The van der Waals surface area contributed by atoms with Crippen LogP contribution in [0, 0.1) is 0 Å². The first-order valence-electron chi connectivity index (χ1n) is 5.58. The Bertz CT molecular complexity index is 712. The summed E-state index contributed by atoms with van der Waals surface area (Å²) >= 11 is 5.35. The lowest BCUT2D eigenvalue weighted by atomic mass is 10.1. The minimum Gasteiger partial charge on any atom is -0.497 e. The maximum absolute atomic E-state index is 11.4. The van der Waals surface area contributed by atoms with Gasteiger partial charge in [-0.2, -0.15) is 5.10 Å². The Morgan fingerprint density at radius 3 is 2.60 bits per heavy atom. The normalized spacial score (nSPS) is 10.2. The third-order valence-electron chi connectivity index (χ3n) is 2.70. The van der Waals surface area contributed by atoms with Crippen molar-refractivity contribution in [3.63, 3.8) is 0 Å². The molecule has 0 saturated carbocycles. The first kappa shape index (κ1) is 14.1. The van der Waals surface area contributed by atoms with E-state index in [4.69, 9.17) is 21.1 Å². The van der Waals surface area contributed by atoms with E-state index in [9.17, 15) is 9.59 Å². The summed E-state index contributed by atoms with van der Waals surface area (Å²) in [5.74, 6) is 1.11. The summed E-state index contributed by atoms with van der Waals surface area (Å²) in [7, 11) is 3.04. The predicted octanol–water partition coefficient (Wildman–Crippen LogP) is 1.83. The minimum atomic E-state index is -0.845. The van der Waals surface area contributed by atoms with Crippen LogP contribution in [0.3, 0.4) is 0 Å². The molecule has 1 heterocycles. The maximum atomic E-state index is 11.4. The molecule has 0 spiro atoms. The fourth-order valence-electron chi connectivity index (χ4n) is 1.70. The van der Waals surface area contributed by atoms with Crippen molar-refractivity contribution in [1.29, 1.82) is 0 Å². The monoisotopic (exact) mass is 294 g/mol. The van der Waals surface area contributed by atoms with E-state index in [1.807, 2.05) is 0 Å². The van der Waals surface area contributed by atoms with E-state index in [2.05, 4.69) is 10.2 Å². The molecule has 0 unspecified atom stereocenters. The maximum Gasteiger partial charge on any atom is 0.276 e. The van der Waals surface area contributed by atoms with Crippen LogP contribution in [0.15, 0.2) is 29.1 Å². The van der Waals surface area contributed by atoms with Crippen LogP contribution in [-0.4, -0.2) is 29.7 Å². The number of hydrogen-bond acceptors (Lipinski definition) is 5. The number of halogens is 1. The first-order valence-corrected chi connectivity index (χ1v) is 5.96. The average Bonchev–Trinajstić information content (AvgIpc) is 2.46. The number of carbonyl (C=O) groups is 1. The third-order valence-corrected chi connectivity index (χ3v) is 2.90. The molecule has 1 aromatic carbocycles. The van der Waals surface area contributed by atoms with Crippen molar-refractivity contribution in [1.82, 2.24) is 10.2 Å². The molecule has 1 aromatic heterocycles. The van der Waals surface area contributed by atoms with E-state index in [0.29, 0.717) is 22.8 Å². The number of rotatable bonds is 4. The number of carbonyl (C=O) groups excluding carboxylic acids is 1. The molecule has 0 radical (unpaired) electrons. The Morgan fingerprint density at radius 2 is 2.00 bits per heavy atom. The van der Waals surface area contributed by atoms with Gasteiger partial charge in [0.1, 0.15) is 17.1 Å². The lowest BCUT2D eigenvalue weighted by molar-refractivity contribution is 0.108. The molecule has 6 nitrogen and oxygen atoms in total. The molecular weight excluding hydrogens is 284 g/mol. The number of benzene rings is 1. The van der Waals surface area contributed by atoms with Gasteiger partial charge < -0.3 is 9.47 Å². The van der Waals surface area contributed by atoms with Gasteiger partial charge in [0, 0.05) is 11.6 Å². The van der Waals surface area contributed by atoms with Gasteiger partial charge in [-0.05, 0) is 29.8 Å².